The summed E-state index contributed by atoms with van der Waals surface area (Å²) in [6.07, 6.45) is 10.1. The molecule has 8 atom stereocenters. The average Bonchev–Trinajstić information content (AvgIpc) is 3.90. The number of alkyl carbamates (subject to hydrolysis) is 2. The van der Waals surface area contributed by atoms with E-state index in [1.165, 1.54) is 14.2 Å². The Morgan fingerprint density at radius 1 is 0.667 bits per heavy atom. The van der Waals surface area contributed by atoms with Gasteiger partial charge in [-0.1, -0.05) is 38.5 Å². The van der Waals surface area contributed by atoms with Gasteiger partial charge in [0, 0.05) is 24.9 Å². The van der Waals surface area contributed by atoms with E-state index in [2.05, 4.69) is 29.8 Å². The fraction of sp³-hybridized carbons (Fsp3) is 0.870. The summed E-state index contributed by atoms with van der Waals surface area (Å²) in [6, 6.07) is -2.43. The zero-order valence-corrected chi connectivity index (χ0v) is 40.0. The SMILES string of the molecule is CC(C)(C)OC(=O)N[C@H](C(=O)O)C1CCCCC1.COC(=O)[C@@H]1[C@H]2CC(C)(C)OC2CN1C(=O)[C@@H](NC(=O)OC(C)(C)C)C1CCCCC1.COC(=O)[C@H]1NCC2OC(C)(C)C[C@@H]21. The van der Waals surface area contributed by atoms with Gasteiger partial charge in [0.15, 0.2) is 0 Å². The number of carbonyl (C=O) groups is 6. The molecule has 6 rings (SSSR count). The maximum absolute atomic E-state index is 13.8. The quantitative estimate of drug-likeness (QED) is 0.165. The summed E-state index contributed by atoms with van der Waals surface area (Å²) in [4.78, 5) is 74.9. The highest BCUT2D eigenvalue weighted by Crippen LogP contribution is 2.44. The van der Waals surface area contributed by atoms with Crippen molar-refractivity contribution < 1.29 is 62.3 Å². The van der Waals surface area contributed by atoms with E-state index >= 15 is 0 Å². The summed E-state index contributed by atoms with van der Waals surface area (Å²) in [5, 5.41) is 17.7. The maximum Gasteiger partial charge on any atom is 0.408 e. The second kappa shape index (κ2) is 21.5. The molecule has 360 valence electrons. The van der Waals surface area contributed by atoms with Crippen LogP contribution in [0.1, 0.15) is 146 Å². The maximum atomic E-state index is 13.8. The molecule has 6 aliphatic rings. The molecule has 0 aromatic rings. The number of ether oxygens (including phenoxy) is 6. The highest BCUT2D eigenvalue weighted by Gasteiger charge is 2.57. The highest BCUT2D eigenvalue weighted by atomic mass is 16.6. The van der Waals surface area contributed by atoms with Crippen LogP contribution in [0.15, 0.2) is 0 Å². The lowest BCUT2D eigenvalue weighted by Crippen LogP contribution is -2.56. The molecule has 3 amide bonds. The Bertz CT molecular complexity index is 1590. The number of likely N-dealkylation sites (tertiary alicyclic amines) is 1. The Morgan fingerprint density at radius 3 is 1.57 bits per heavy atom. The van der Waals surface area contributed by atoms with Crippen LogP contribution in [0.3, 0.4) is 0 Å². The molecule has 63 heavy (non-hydrogen) atoms. The first kappa shape index (κ1) is 51.9. The van der Waals surface area contributed by atoms with Crippen LogP contribution in [0.5, 0.6) is 0 Å². The second-order valence-electron chi connectivity index (χ2n) is 21.3. The first-order valence-electron chi connectivity index (χ1n) is 23.0. The van der Waals surface area contributed by atoms with Crippen LogP contribution in [-0.4, -0.2) is 132 Å². The summed E-state index contributed by atoms with van der Waals surface area (Å²) in [5.41, 5.74) is -1.71. The van der Waals surface area contributed by atoms with Crippen molar-refractivity contribution in [2.45, 2.75) is 205 Å². The Labute approximate surface area is 374 Å². The topological polar surface area (TPSA) is 217 Å². The molecule has 4 saturated heterocycles. The van der Waals surface area contributed by atoms with E-state index in [0.29, 0.717) is 13.0 Å². The number of rotatable bonds is 8. The molecule has 4 heterocycles. The van der Waals surface area contributed by atoms with E-state index in [0.717, 1.165) is 77.2 Å². The van der Waals surface area contributed by atoms with Gasteiger partial charge in [-0.3, -0.25) is 9.59 Å². The van der Waals surface area contributed by atoms with E-state index in [4.69, 9.17) is 28.4 Å². The number of methoxy groups -OCH3 is 2. The van der Waals surface area contributed by atoms with Crippen molar-refractivity contribution in [1.82, 2.24) is 20.9 Å². The standard InChI is InChI=1S/C23H38N2O6.C13H23NO4.C10H17NO3/c1-22(2,3)31-21(28)24-17(14-10-8-7-9-11-14)19(26)25-13-16-15(12-23(4,5)30-16)18(25)20(27)29-6;1-13(2,3)18-12(17)14-10(11(15)16)9-7-5-4-6-8-9;1-10(2)4-6-7(14-10)5-11-8(6)9(12)13-3/h14-18H,7-13H2,1-6H3,(H,24,28);9-10H,4-8H2,1-3H3,(H,14,17)(H,15,16);6-8,11H,4-5H2,1-3H3/t15-,16?,17-,18-;10-;6-,7?,8-/m000/s1. The number of nitrogens with zero attached hydrogens (tertiary/aromatic N) is 1. The van der Waals surface area contributed by atoms with Crippen LogP contribution in [0.4, 0.5) is 9.59 Å². The third-order valence-corrected chi connectivity index (χ3v) is 12.7. The van der Waals surface area contributed by atoms with Crippen LogP contribution >= 0.6 is 0 Å². The molecule has 4 aliphatic heterocycles. The van der Waals surface area contributed by atoms with E-state index < -0.39 is 53.5 Å². The van der Waals surface area contributed by atoms with Crippen molar-refractivity contribution in [2.24, 2.45) is 23.7 Å². The van der Waals surface area contributed by atoms with Gasteiger partial charge in [-0.25, -0.2) is 19.2 Å². The van der Waals surface area contributed by atoms with Gasteiger partial charge in [0.2, 0.25) is 5.91 Å². The van der Waals surface area contributed by atoms with Gasteiger partial charge in [0.1, 0.15) is 35.4 Å². The molecule has 0 spiro atoms. The molecular weight excluding hydrogens is 817 g/mol. The molecule has 17 heteroatoms. The van der Waals surface area contributed by atoms with Crippen molar-refractivity contribution in [2.75, 3.05) is 27.3 Å². The van der Waals surface area contributed by atoms with Crippen molar-refractivity contribution in [3.63, 3.8) is 0 Å². The summed E-state index contributed by atoms with van der Waals surface area (Å²) >= 11 is 0. The van der Waals surface area contributed by atoms with Crippen molar-refractivity contribution >= 4 is 36.0 Å². The summed E-state index contributed by atoms with van der Waals surface area (Å²) in [5.74, 6) is -1.62. The van der Waals surface area contributed by atoms with Crippen LogP contribution in [0, 0.1) is 23.7 Å². The van der Waals surface area contributed by atoms with Crippen molar-refractivity contribution in [3.05, 3.63) is 0 Å². The fourth-order valence-electron chi connectivity index (χ4n) is 10.2. The summed E-state index contributed by atoms with van der Waals surface area (Å²) < 4.78 is 32.3. The Hall–Kier alpha value is -3.70. The molecule has 4 N–H and O–H groups in total. The number of esters is 2. The molecule has 2 unspecified atom stereocenters. The zero-order valence-electron chi connectivity index (χ0n) is 40.0. The van der Waals surface area contributed by atoms with Gasteiger partial charge >= 0.3 is 30.1 Å². The van der Waals surface area contributed by atoms with E-state index in [1.54, 1.807) is 46.4 Å². The number of amides is 3. The molecule has 17 nitrogen and oxygen atoms in total. The number of hydrogen-bond acceptors (Lipinski definition) is 13. The minimum absolute atomic E-state index is 0.0174. The Kier molecular flexibility index (Phi) is 17.7. The van der Waals surface area contributed by atoms with Gasteiger partial charge in [-0.15, -0.1) is 0 Å². The molecule has 0 aromatic heterocycles. The summed E-state index contributed by atoms with van der Waals surface area (Å²) in [6.45, 7) is 19.9. The Morgan fingerprint density at radius 2 is 1.11 bits per heavy atom. The van der Waals surface area contributed by atoms with Gasteiger partial charge in [-0.05, 0) is 120 Å². The lowest BCUT2D eigenvalue weighted by atomic mass is 9.83. The minimum atomic E-state index is -0.979. The monoisotopic (exact) mass is 895 g/mol. The van der Waals surface area contributed by atoms with E-state index in [1.807, 2.05) is 13.8 Å². The Balaban J connectivity index is 0.000000229. The normalized spacial score (nSPS) is 28.6. The lowest BCUT2D eigenvalue weighted by molar-refractivity contribution is -0.154. The van der Waals surface area contributed by atoms with Crippen molar-refractivity contribution in [3.8, 4) is 0 Å². The number of fused-ring (bicyclic) bond motifs is 2. The molecule has 0 radical (unpaired) electrons. The molecule has 2 saturated carbocycles. The van der Waals surface area contributed by atoms with Gasteiger partial charge in [0.05, 0.1) is 37.6 Å². The smallest absolute Gasteiger partial charge is 0.408 e. The first-order valence-corrected chi connectivity index (χ1v) is 23.0. The van der Waals surface area contributed by atoms with Gasteiger partial charge in [-0.2, -0.15) is 0 Å². The van der Waals surface area contributed by atoms with Crippen LogP contribution in [-0.2, 0) is 47.6 Å². The molecular formula is C46H78N4O13. The predicted octanol–water partition coefficient (Wildman–Crippen LogP) is 5.89. The van der Waals surface area contributed by atoms with Crippen LogP contribution < -0.4 is 16.0 Å². The molecule has 0 bridgehead atoms. The molecule has 6 fully saturated rings. The van der Waals surface area contributed by atoms with Crippen molar-refractivity contribution in [1.29, 1.82) is 0 Å². The van der Waals surface area contributed by atoms with Gasteiger partial charge in [0.25, 0.3) is 0 Å². The average molecular weight is 895 g/mol. The first-order chi connectivity index (χ1) is 29.2. The number of hydrogen-bond donors (Lipinski definition) is 4. The van der Waals surface area contributed by atoms with E-state index in [9.17, 15) is 33.9 Å². The number of aliphatic carboxylic acids is 1. The zero-order chi connectivity index (χ0) is 47.1. The summed E-state index contributed by atoms with van der Waals surface area (Å²) in [7, 11) is 2.77. The fourth-order valence-corrected chi connectivity index (χ4v) is 10.2. The van der Waals surface area contributed by atoms with Crippen LogP contribution in [0.25, 0.3) is 0 Å². The number of carboxylic acids is 1. The molecule has 0 aromatic carbocycles. The predicted molar refractivity (Wildman–Crippen MR) is 233 cm³/mol. The largest absolute Gasteiger partial charge is 0.480 e. The number of carboxylic acid groups (broad SMARTS) is 1. The van der Waals surface area contributed by atoms with E-state index in [-0.39, 0.29) is 65.0 Å². The third kappa shape index (κ3) is 14.9. The number of carbonyl (C=O) groups excluding carboxylic acids is 5. The minimum Gasteiger partial charge on any atom is -0.480 e. The lowest BCUT2D eigenvalue weighted by Gasteiger charge is -2.35. The highest BCUT2D eigenvalue weighted by molar-refractivity contribution is 5.91. The number of nitrogens with one attached hydrogen (secondary N) is 3. The van der Waals surface area contributed by atoms with Crippen LogP contribution in [0.2, 0.25) is 0 Å². The third-order valence-electron chi connectivity index (χ3n) is 12.7. The van der Waals surface area contributed by atoms with Gasteiger partial charge < -0.3 is 54.4 Å². The molecule has 2 aliphatic carbocycles. The second-order valence-corrected chi connectivity index (χ2v) is 21.3.